The maximum Gasteiger partial charge on any atom is 0.259 e. The summed E-state index contributed by atoms with van der Waals surface area (Å²) >= 11 is 0. The summed E-state index contributed by atoms with van der Waals surface area (Å²) in [5.41, 5.74) is 2.80. The minimum Gasteiger partial charge on any atom is -0.352 e. The van der Waals surface area contributed by atoms with Crippen LogP contribution in [0.15, 0.2) is 10.6 Å². The zero-order chi connectivity index (χ0) is 17.2. The molecule has 2 fully saturated rings. The van der Waals surface area contributed by atoms with Crippen molar-refractivity contribution in [2.75, 3.05) is 39.3 Å². The Hall–Kier alpha value is -1.70. The van der Waals surface area contributed by atoms with Gasteiger partial charge in [0.25, 0.3) is 11.6 Å². The highest BCUT2D eigenvalue weighted by Gasteiger charge is 2.28. The third-order valence-electron chi connectivity index (χ3n) is 5.02. The highest BCUT2D eigenvalue weighted by molar-refractivity contribution is 6.06. The second-order valence-corrected chi connectivity index (χ2v) is 7.02. The van der Waals surface area contributed by atoms with Crippen LogP contribution in [0.1, 0.15) is 46.9 Å². The zero-order valence-corrected chi connectivity index (χ0v) is 15.9. The number of aromatic nitrogens is 2. The molecular weight excluding hydrogens is 354 g/mol. The number of hydrogen-bond donors (Lipinski definition) is 2. The summed E-state index contributed by atoms with van der Waals surface area (Å²) in [5.74, 6) is 0.412. The van der Waals surface area contributed by atoms with Crippen molar-refractivity contribution in [2.24, 2.45) is 0 Å². The molecule has 1 amide bonds. The molecule has 0 unspecified atom stereocenters. The molecule has 8 heteroatoms. The van der Waals surface area contributed by atoms with Gasteiger partial charge in [-0.25, -0.2) is 4.98 Å². The lowest BCUT2D eigenvalue weighted by Crippen LogP contribution is -2.44. The maximum atomic E-state index is 12.7. The van der Waals surface area contributed by atoms with Gasteiger partial charge in [-0.1, -0.05) is 5.16 Å². The predicted molar refractivity (Wildman–Crippen MR) is 102 cm³/mol. The van der Waals surface area contributed by atoms with E-state index in [4.69, 9.17) is 4.52 Å². The molecule has 142 valence electrons. The Labute approximate surface area is 159 Å². The molecule has 2 aromatic rings. The molecule has 0 aromatic carbocycles. The van der Waals surface area contributed by atoms with Gasteiger partial charge in [-0.2, -0.15) is 0 Å². The quantitative estimate of drug-likeness (QED) is 0.745. The highest BCUT2D eigenvalue weighted by atomic mass is 35.5. The van der Waals surface area contributed by atoms with Crippen LogP contribution in [0.5, 0.6) is 0 Å². The van der Waals surface area contributed by atoms with Crippen LogP contribution in [0, 0.1) is 6.92 Å². The molecule has 7 nitrogen and oxygen atoms in total. The Morgan fingerprint density at radius 3 is 2.88 bits per heavy atom. The normalized spacial score (nSPS) is 17.9. The number of pyridine rings is 1. The molecule has 1 saturated heterocycles. The average molecular weight is 380 g/mol. The lowest BCUT2D eigenvalue weighted by Gasteiger charge is -2.27. The van der Waals surface area contributed by atoms with E-state index in [-0.39, 0.29) is 18.3 Å². The monoisotopic (exact) mass is 379 g/mol. The summed E-state index contributed by atoms with van der Waals surface area (Å²) in [7, 11) is 0. The van der Waals surface area contributed by atoms with Crippen LogP contribution in [-0.2, 0) is 0 Å². The molecule has 0 radical (unpaired) electrons. The van der Waals surface area contributed by atoms with E-state index in [1.54, 1.807) is 0 Å². The van der Waals surface area contributed by atoms with Crippen LogP contribution < -0.4 is 10.6 Å². The van der Waals surface area contributed by atoms with E-state index < -0.39 is 0 Å². The lowest BCUT2D eigenvalue weighted by molar-refractivity contribution is 0.0952. The van der Waals surface area contributed by atoms with Crippen LogP contribution in [0.25, 0.3) is 11.1 Å². The second-order valence-electron chi connectivity index (χ2n) is 7.02. The Kier molecular flexibility index (Phi) is 6.11. The van der Waals surface area contributed by atoms with E-state index in [1.165, 1.54) is 0 Å². The third-order valence-corrected chi connectivity index (χ3v) is 5.02. The Morgan fingerprint density at radius 2 is 2.15 bits per heavy atom. The van der Waals surface area contributed by atoms with Crippen molar-refractivity contribution >= 4 is 29.4 Å². The van der Waals surface area contributed by atoms with E-state index in [1.807, 2.05) is 13.0 Å². The van der Waals surface area contributed by atoms with Crippen LogP contribution in [-0.4, -0.2) is 60.2 Å². The second kappa shape index (κ2) is 8.33. The molecule has 0 bridgehead atoms. The number of carbonyl (C=O) groups is 1. The van der Waals surface area contributed by atoms with Crippen molar-refractivity contribution < 1.29 is 9.32 Å². The predicted octanol–water partition coefficient (Wildman–Crippen LogP) is 1.86. The van der Waals surface area contributed by atoms with Crippen LogP contribution in [0.2, 0.25) is 0 Å². The van der Waals surface area contributed by atoms with E-state index >= 15 is 0 Å². The van der Waals surface area contributed by atoms with Crippen LogP contribution >= 0.6 is 12.4 Å². The van der Waals surface area contributed by atoms with Crippen molar-refractivity contribution in [1.82, 2.24) is 25.7 Å². The minimum absolute atomic E-state index is 0. The first-order valence-electron chi connectivity index (χ1n) is 9.20. The molecule has 0 spiro atoms. The summed E-state index contributed by atoms with van der Waals surface area (Å²) in [6.07, 6.45) is 3.23. The largest absolute Gasteiger partial charge is 0.352 e. The van der Waals surface area contributed by atoms with E-state index in [0.717, 1.165) is 68.8 Å². The molecule has 1 saturated carbocycles. The molecule has 4 rings (SSSR count). The number of nitrogens with zero attached hydrogens (tertiary/aromatic N) is 3. The zero-order valence-electron chi connectivity index (χ0n) is 15.1. The SMILES string of the molecule is Cc1noc2nc(C3CC3)cc(C(=O)NCCCN3CCNCC3)c12.Cl. The first-order valence-corrected chi connectivity index (χ1v) is 9.20. The van der Waals surface area contributed by atoms with Crippen LogP contribution in [0.4, 0.5) is 0 Å². The van der Waals surface area contributed by atoms with Crippen molar-refractivity contribution in [3.63, 3.8) is 0 Å². The van der Waals surface area contributed by atoms with Crippen molar-refractivity contribution in [3.8, 4) is 0 Å². The number of piperazine rings is 1. The summed E-state index contributed by atoms with van der Waals surface area (Å²) < 4.78 is 5.31. The average Bonchev–Trinajstić information content (AvgIpc) is 3.42. The molecule has 2 N–H and O–H groups in total. The van der Waals surface area contributed by atoms with Gasteiger partial charge < -0.3 is 20.1 Å². The standard InChI is InChI=1S/C18H25N5O2.ClH/c1-12-16-14(11-15(13-3-4-13)21-18(16)25-22-12)17(24)20-5-2-8-23-9-6-19-7-10-23;/h11,13,19H,2-10H2,1H3,(H,20,24);1H. The van der Waals surface area contributed by atoms with Gasteiger partial charge >= 0.3 is 0 Å². The molecule has 3 heterocycles. The van der Waals surface area contributed by atoms with Gasteiger partial charge in [0.05, 0.1) is 16.6 Å². The van der Waals surface area contributed by atoms with Gasteiger partial charge in [0, 0.05) is 44.3 Å². The fraction of sp³-hybridized carbons (Fsp3) is 0.611. The van der Waals surface area contributed by atoms with Crippen molar-refractivity contribution in [2.45, 2.75) is 32.1 Å². The van der Waals surface area contributed by atoms with Gasteiger partial charge in [0.2, 0.25) is 0 Å². The Bertz CT molecular complexity index is 768. The number of amides is 1. The van der Waals surface area contributed by atoms with Crippen LogP contribution in [0.3, 0.4) is 0 Å². The number of rotatable bonds is 6. The van der Waals surface area contributed by atoms with Gasteiger partial charge in [0.15, 0.2) is 0 Å². The Morgan fingerprint density at radius 1 is 1.38 bits per heavy atom. The fourth-order valence-corrected chi connectivity index (χ4v) is 3.42. The summed E-state index contributed by atoms with van der Waals surface area (Å²) in [6, 6.07) is 1.93. The Balaban J connectivity index is 0.00000196. The third kappa shape index (κ3) is 4.16. The molecule has 1 aliphatic heterocycles. The fourth-order valence-electron chi connectivity index (χ4n) is 3.42. The number of carbonyl (C=O) groups excluding carboxylic acids is 1. The number of fused-ring (bicyclic) bond motifs is 1. The van der Waals surface area contributed by atoms with E-state index in [0.29, 0.717) is 23.7 Å². The molecule has 26 heavy (non-hydrogen) atoms. The summed E-state index contributed by atoms with van der Waals surface area (Å²) in [6.45, 7) is 7.83. The maximum absolute atomic E-state index is 12.7. The van der Waals surface area contributed by atoms with Gasteiger partial charge in [-0.15, -0.1) is 12.4 Å². The highest BCUT2D eigenvalue weighted by Crippen LogP contribution is 2.40. The first kappa shape index (κ1) is 19.1. The number of aryl methyl sites for hydroxylation is 1. The summed E-state index contributed by atoms with van der Waals surface area (Å²) in [4.78, 5) is 19.7. The molecule has 2 aromatic heterocycles. The van der Waals surface area contributed by atoms with Crippen molar-refractivity contribution in [3.05, 3.63) is 23.0 Å². The topological polar surface area (TPSA) is 83.3 Å². The number of halogens is 1. The smallest absolute Gasteiger partial charge is 0.259 e. The lowest BCUT2D eigenvalue weighted by atomic mass is 10.1. The molecular formula is C18H26ClN5O2. The minimum atomic E-state index is -0.0547. The van der Waals surface area contributed by atoms with E-state index in [9.17, 15) is 4.79 Å². The van der Waals surface area contributed by atoms with Gasteiger partial charge in [-0.05, 0) is 38.8 Å². The van der Waals surface area contributed by atoms with Gasteiger partial charge in [-0.3, -0.25) is 4.79 Å². The summed E-state index contributed by atoms with van der Waals surface area (Å²) in [5, 5.41) is 11.1. The number of nitrogens with one attached hydrogen (secondary N) is 2. The van der Waals surface area contributed by atoms with Crippen molar-refractivity contribution in [1.29, 1.82) is 0 Å². The van der Waals surface area contributed by atoms with Gasteiger partial charge in [0.1, 0.15) is 0 Å². The van der Waals surface area contributed by atoms with E-state index in [2.05, 4.69) is 25.7 Å². The number of hydrogen-bond acceptors (Lipinski definition) is 6. The molecule has 0 atom stereocenters. The molecule has 2 aliphatic rings. The molecule has 1 aliphatic carbocycles. The first-order chi connectivity index (χ1) is 12.2.